The molecule has 0 aliphatic carbocycles. The Balaban J connectivity index is 1.52. The molecular formula is C17H24O4. The lowest BCUT2D eigenvalue weighted by atomic mass is 9.90. The lowest BCUT2D eigenvalue weighted by Gasteiger charge is -2.37. The third kappa shape index (κ3) is 5.14. The van der Waals surface area contributed by atoms with Gasteiger partial charge in [0, 0.05) is 17.6 Å². The maximum absolute atomic E-state index is 11.2. The highest BCUT2D eigenvalue weighted by Gasteiger charge is 2.33. The summed E-state index contributed by atoms with van der Waals surface area (Å²) in [7, 11) is 0. The van der Waals surface area contributed by atoms with Crippen LogP contribution in [0.5, 0.6) is 5.75 Å². The minimum absolute atomic E-state index is 0.0734. The van der Waals surface area contributed by atoms with Crippen LogP contribution in [0.25, 0.3) is 0 Å². The van der Waals surface area contributed by atoms with Crippen molar-refractivity contribution in [2.24, 2.45) is 5.41 Å². The number of hydrogen-bond acceptors (Lipinski definition) is 4. The van der Waals surface area contributed by atoms with Gasteiger partial charge in [-0.2, -0.15) is 0 Å². The second-order valence-corrected chi connectivity index (χ2v) is 5.99. The summed E-state index contributed by atoms with van der Waals surface area (Å²) in [4.78, 5) is 11.2. The van der Waals surface area contributed by atoms with Gasteiger partial charge in [0.2, 0.25) is 0 Å². The second-order valence-electron chi connectivity index (χ2n) is 5.99. The minimum Gasteiger partial charge on any atom is -0.494 e. The molecule has 0 spiro atoms. The van der Waals surface area contributed by atoms with Gasteiger partial charge in [0.05, 0.1) is 26.4 Å². The molecule has 1 aliphatic rings. The maximum atomic E-state index is 11.2. The standard InChI is InChI=1S/C17H24O4/c1-14(18)15-5-7-16(8-6-15)21-10-4-3-9-19-11-17(2)12-20-13-17/h5-8H,3-4,9-13H2,1-2H3. The van der Waals surface area contributed by atoms with Gasteiger partial charge in [-0.05, 0) is 44.0 Å². The van der Waals surface area contributed by atoms with E-state index in [2.05, 4.69) is 6.92 Å². The Kier molecular flexibility index (Phi) is 5.76. The van der Waals surface area contributed by atoms with Crippen LogP contribution in [0.3, 0.4) is 0 Å². The summed E-state index contributed by atoms with van der Waals surface area (Å²) in [6.45, 7) is 7.58. The maximum Gasteiger partial charge on any atom is 0.159 e. The molecule has 1 heterocycles. The van der Waals surface area contributed by atoms with E-state index in [1.165, 1.54) is 0 Å². The monoisotopic (exact) mass is 292 g/mol. The van der Waals surface area contributed by atoms with E-state index in [1.807, 2.05) is 12.1 Å². The van der Waals surface area contributed by atoms with Crippen LogP contribution in [0.1, 0.15) is 37.0 Å². The molecule has 2 rings (SSSR count). The lowest BCUT2D eigenvalue weighted by Crippen LogP contribution is -2.43. The Morgan fingerprint density at radius 3 is 2.43 bits per heavy atom. The summed E-state index contributed by atoms with van der Waals surface area (Å²) in [5.41, 5.74) is 0.943. The van der Waals surface area contributed by atoms with Gasteiger partial charge in [0.25, 0.3) is 0 Å². The molecule has 0 atom stereocenters. The number of rotatable bonds is 9. The molecule has 1 aromatic carbocycles. The molecule has 0 N–H and O–H groups in total. The third-order valence-corrected chi connectivity index (χ3v) is 3.56. The van der Waals surface area contributed by atoms with Crippen molar-refractivity contribution in [1.82, 2.24) is 0 Å². The first-order valence-corrected chi connectivity index (χ1v) is 7.48. The van der Waals surface area contributed by atoms with Gasteiger partial charge in [-0.1, -0.05) is 6.92 Å². The highest BCUT2D eigenvalue weighted by atomic mass is 16.5. The van der Waals surface area contributed by atoms with Gasteiger partial charge in [0.1, 0.15) is 5.75 Å². The molecular weight excluding hydrogens is 268 g/mol. The van der Waals surface area contributed by atoms with E-state index >= 15 is 0 Å². The summed E-state index contributed by atoms with van der Waals surface area (Å²) in [6, 6.07) is 7.26. The zero-order valence-electron chi connectivity index (χ0n) is 12.9. The van der Waals surface area contributed by atoms with Crippen LogP contribution in [0, 0.1) is 5.41 Å². The predicted molar refractivity (Wildman–Crippen MR) is 80.9 cm³/mol. The molecule has 1 fully saturated rings. The number of hydrogen-bond donors (Lipinski definition) is 0. The van der Waals surface area contributed by atoms with Crippen LogP contribution >= 0.6 is 0 Å². The number of carbonyl (C=O) groups excluding carboxylic acids is 1. The number of unbranched alkanes of at least 4 members (excludes halogenated alkanes) is 1. The van der Waals surface area contributed by atoms with Crippen molar-refractivity contribution in [2.45, 2.75) is 26.7 Å². The molecule has 0 amide bonds. The fourth-order valence-corrected chi connectivity index (χ4v) is 2.13. The van der Waals surface area contributed by atoms with Crippen molar-refractivity contribution in [3.05, 3.63) is 29.8 Å². The summed E-state index contributed by atoms with van der Waals surface area (Å²) in [5.74, 6) is 0.879. The van der Waals surface area contributed by atoms with Crippen LogP contribution in [0.4, 0.5) is 0 Å². The van der Waals surface area contributed by atoms with Crippen LogP contribution in [0.2, 0.25) is 0 Å². The van der Waals surface area contributed by atoms with Crippen LogP contribution in [-0.4, -0.2) is 38.8 Å². The summed E-state index contributed by atoms with van der Waals surface area (Å²) in [5, 5.41) is 0. The van der Waals surface area contributed by atoms with Crippen molar-refractivity contribution < 1.29 is 19.0 Å². The zero-order chi connectivity index (χ0) is 15.1. The van der Waals surface area contributed by atoms with Gasteiger partial charge < -0.3 is 14.2 Å². The Labute approximate surface area is 126 Å². The van der Waals surface area contributed by atoms with E-state index in [1.54, 1.807) is 19.1 Å². The molecule has 4 nitrogen and oxygen atoms in total. The van der Waals surface area contributed by atoms with Crippen molar-refractivity contribution >= 4 is 5.78 Å². The number of ketones is 1. The van der Waals surface area contributed by atoms with Gasteiger partial charge in [-0.15, -0.1) is 0 Å². The molecule has 4 heteroatoms. The van der Waals surface area contributed by atoms with Gasteiger partial charge in [0.15, 0.2) is 5.78 Å². The Hall–Kier alpha value is -1.39. The van der Waals surface area contributed by atoms with Gasteiger partial charge in [-0.3, -0.25) is 4.79 Å². The van der Waals surface area contributed by atoms with E-state index in [0.29, 0.717) is 12.2 Å². The molecule has 1 saturated heterocycles. The van der Waals surface area contributed by atoms with Crippen molar-refractivity contribution in [3.8, 4) is 5.75 Å². The molecule has 1 aliphatic heterocycles. The SMILES string of the molecule is CC(=O)c1ccc(OCCCCOCC2(C)COC2)cc1. The fraction of sp³-hybridized carbons (Fsp3) is 0.588. The molecule has 116 valence electrons. The number of carbonyl (C=O) groups is 1. The average molecular weight is 292 g/mol. The van der Waals surface area contributed by atoms with Crippen molar-refractivity contribution in [3.63, 3.8) is 0 Å². The minimum atomic E-state index is 0.0734. The smallest absolute Gasteiger partial charge is 0.159 e. The van der Waals surface area contributed by atoms with Gasteiger partial charge >= 0.3 is 0 Å². The van der Waals surface area contributed by atoms with E-state index < -0.39 is 0 Å². The number of benzene rings is 1. The zero-order valence-corrected chi connectivity index (χ0v) is 12.9. The van der Waals surface area contributed by atoms with Gasteiger partial charge in [-0.25, -0.2) is 0 Å². The van der Waals surface area contributed by atoms with Crippen LogP contribution in [0.15, 0.2) is 24.3 Å². The third-order valence-electron chi connectivity index (χ3n) is 3.56. The van der Waals surface area contributed by atoms with Crippen LogP contribution < -0.4 is 4.74 Å². The highest BCUT2D eigenvalue weighted by Crippen LogP contribution is 2.26. The lowest BCUT2D eigenvalue weighted by molar-refractivity contribution is -0.138. The fourth-order valence-electron chi connectivity index (χ4n) is 2.13. The summed E-state index contributed by atoms with van der Waals surface area (Å²) < 4.78 is 16.5. The molecule has 1 aromatic rings. The molecule has 0 unspecified atom stereocenters. The first-order valence-electron chi connectivity index (χ1n) is 7.48. The Bertz CT molecular complexity index is 448. The quantitative estimate of drug-likeness (QED) is 0.518. The number of Topliss-reactive ketones (excluding diaryl/α,β-unsaturated/α-hetero) is 1. The van der Waals surface area contributed by atoms with Crippen molar-refractivity contribution in [1.29, 1.82) is 0 Å². The molecule has 0 bridgehead atoms. The molecule has 21 heavy (non-hydrogen) atoms. The number of ether oxygens (including phenoxy) is 3. The van der Waals surface area contributed by atoms with E-state index in [0.717, 1.165) is 45.0 Å². The second kappa shape index (κ2) is 7.57. The molecule has 0 aromatic heterocycles. The average Bonchev–Trinajstić information content (AvgIpc) is 2.45. The van der Waals surface area contributed by atoms with Crippen molar-refractivity contribution in [2.75, 3.05) is 33.0 Å². The first kappa shape index (κ1) is 16.0. The normalized spacial score (nSPS) is 16.3. The van der Waals surface area contributed by atoms with E-state index in [-0.39, 0.29) is 11.2 Å². The predicted octanol–water partition coefficient (Wildman–Crippen LogP) is 3.10. The topological polar surface area (TPSA) is 44.8 Å². The largest absolute Gasteiger partial charge is 0.494 e. The first-order chi connectivity index (χ1) is 10.1. The van der Waals surface area contributed by atoms with E-state index in [9.17, 15) is 4.79 Å². The van der Waals surface area contributed by atoms with E-state index in [4.69, 9.17) is 14.2 Å². The molecule has 0 radical (unpaired) electrons. The Morgan fingerprint density at radius 1 is 1.19 bits per heavy atom. The summed E-state index contributed by atoms with van der Waals surface area (Å²) in [6.07, 6.45) is 1.95. The highest BCUT2D eigenvalue weighted by molar-refractivity contribution is 5.94. The van der Waals surface area contributed by atoms with Crippen LogP contribution in [-0.2, 0) is 9.47 Å². The summed E-state index contributed by atoms with van der Waals surface area (Å²) >= 11 is 0. The molecule has 0 saturated carbocycles. The Morgan fingerprint density at radius 2 is 1.86 bits per heavy atom.